The minimum Gasteiger partial charge on any atom is -0.487 e. The summed E-state index contributed by atoms with van der Waals surface area (Å²) >= 11 is 0. The summed E-state index contributed by atoms with van der Waals surface area (Å²) in [5.74, 6) is -6.87. The highest BCUT2D eigenvalue weighted by Crippen LogP contribution is 2.28. The zero-order valence-electron chi connectivity index (χ0n) is 30.4. The number of hydrogen-bond acceptors (Lipinski definition) is 13. The maximum absolute atomic E-state index is 13.8. The van der Waals surface area contributed by atoms with Crippen LogP contribution in [-0.2, 0) is 56.4 Å². The normalized spacial score (nSPS) is 12.9. The Labute approximate surface area is 308 Å². The molecule has 0 aliphatic rings. The van der Waals surface area contributed by atoms with Crippen LogP contribution in [0.3, 0.4) is 0 Å². The van der Waals surface area contributed by atoms with E-state index in [9.17, 15) is 32.7 Å². The highest BCUT2D eigenvalue weighted by Gasteiger charge is 2.42. The summed E-state index contributed by atoms with van der Waals surface area (Å²) in [4.78, 5) is 51.6. The number of carbonyl (C=O) groups excluding carboxylic acids is 4. The van der Waals surface area contributed by atoms with Crippen LogP contribution in [0.4, 0.5) is 0 Å². The highest BCUT2D eigenvalue weighted by atomic mass is 32.2. The van der Waals surface area contributed by atoms with Crippen LogP contribution in [0, 0.1) is 0 Å². The summed E-state index contributed by atoms with van der Waals surface area (Å²) in [5, 5.41) is 10.3. The second-order valence-corrected chi connectivity index (χ2v) is 14.2. The Morgan fingerprint density at radius 3 is 2.30 bits per heavy atom. The van der Waals surface area contributed by atoms with Crippen molar-refractivity contribution >= 4 is 40.1 Å². The van der Waals surface area contributed by atoms with Gasteiger partial charge in [0.05, 0.1) is 6.61 Å². The molecule has 4 N–H and O–H groups in total. The maximum Gasteiger partial charge on any atom is 0.353 e. The first kappa shape index (κ1) is 42.3. The molecule has 0 saturated carbocycles. The van der Waals surface area contributed by atoms with E-state index in [0.717, 1.165) is 24.3 Å². The van der Waals surface area contributed by atoms with Gasteiger partial charge >= 0.3 is 29.7 Å². The number of ether oxygens (including phenoxy) is 5. The first-order valence-electron chi connectivity index (χ1n) is 16.6. The lowest BCUT2D eigenvalue weighted by atomic mass is 10.00. The zero-order chi connectivity index (χ0) is 39.4. The van der Waals surface area contributed by atoms with Crippen LogP contribution in [0.15, 0.2) is 76.6 Å². The van der Waals surface area contributed by atoms with Gasteiger partial charge < -0.3 is 28.8 Å². The average molecular weight is 756 g/mol. The van der Waals surface area contributed by atoms with E-state index in [4.69, 9.17) is 24.7 Å². The van der Waals surface area contributed by atoms with Crippen molar-refractivity contribution in [1.82, 2.24) is 4.72 Å². The number of benzene rings is 3. The molecular weight excluding hydrogens is 710 g/mol. The third-order valence-corrected chi connectivity index (χ3v) is 8.85. The molecule has 1 amide bonds. The van der Waals surface area contributed by atoms with Gasteiger partial charge in [-0.1, -0.05) is 56.3 Å². The van der Waals surface area contributed by atoms with Crippen LogP contribution >= 0.6 is 0 Å². The molecule has 0 spiro atoms. The Hall–Kier alpha value is -5.16. The minimum atomic E-state index is -4.29. The minimum absolute atomic E-state index is 0.0125. The average Bonchev–Trinajstić information content (AvgIpc) is 3.09. The highest BCUT2D eigenvalue weighted by molar-refractivity contribution is 7.89. The standard InChI is InChI=1S/C37H45N3O12S/c1-7-48-33(42)23-50-31-20-29(24(2)3)15-14-28(31)17-18-40-53(46,47)32-19-27(13-16-30(32)49-22-26-11-9-8-10-12-26)21-39-34(43)37(38,45)52-35(44)36(5,6)51-25(4)41/h8-16,19-21,24,40,45H,7,17-18,22-23,38H2,1-6H3. The first-order valence-corrected chi connectivity index (χ1v) is 18.1. The fourth-order valence-electron chi connectivity index (χ4n) is 4.61. The van der Waals surface area contributed by atoms with Gasteiger partial charge in [0.15, 0.2) is 6.61 Å². The van der Waals surface area contributed by atoms with Crippen LogP contribution in [0.25, 0.3) is 0 Å². The van der Waals surface area contributed by atoms with Crippen molar-refractivity contribution in [2.75, 3.05) is 19.8 Å². The molecule has 3 rings (SSSR count). The Balaban J connectivity index is 1.86. The van der Waals surface area contributed by atoms with Crippen LogP contribution in [0.2, 0.25) is 0 Å². The van der Waals surface area contributed by atoms with Crippen LogP contribution < -0.4 is 19.9 Å². The van der Waals surface area contributed by atoms with Crippen molar-refractivity contribution in [2.24, 2.45) is 10.7 Å². The molecule has 16 heteroatoms. The van der Waals surface area contributed by atoms with Crippen molar-refractivity contribution < 1.29 is 56.4 Å². The van der Waals surface area contributed by atoms with Gasteiger partial charge in [0.2, 0.25) is 15.6 Å². The molecule has 0 fully saturated rings. The van der Waals surface area contributed by atoms with Gasteiger partial charge in [0.1, 0.15) is 23.0 Å². The smallest absolute Gasteiger partial charge is 0.353 e. The third kappa shape index (κ3) is 12.8. The van der Waals surface area contributed by atoms with Crippen molar-refractivity contribution in [3.63, 3.8) is 0 Å². The van der Waals surface area contributed by atoms with Gasteiger partial charge in [-0.15, -0.1) is 0 Å². The lowest BCUT2D eigenvalue weighted by molar-refractivity contribution is -0.221. The van der Waals surface area contributed by atoms with E-state index in [-0.39, 0.29) is 54.9 Å². The zero-order valence-corrected chi connectivity index (χ0v) is 31.2. The van der Waals surface area contributed by atoms with E-state index < -0.39 is 45.4 Å². The quantitative estimate of drug-likeness (QED) is 0.0736. The SMILES string of the molecule is CCOC(=O)COc1cc(C(C)C)ccc1CCNS(=O)(=O)c1cc(C=NC(=O)C(N)(O)OC(=O)C(C)(C)OC(C)=O)ccc1OCc1ccccc1. The fraction of sp³-hybridized carbons (Fsp3) is 0.378. The van der Waals surface area contributed by atoms with E-state index >= 15 is 0 Å². The predicted octanol–water partition coefficient (Wildman–Crippen LogP) is 3.29. The van der Waals surface area contributed by atoms with E-state index in [0.29, 0.717) is 11.3 Å². The number of carbonyl (C=O) groups is 4. The first-order chi connectivity index (χ1) is 24.8. The molecule has 0 aliphatic heterocycles. The molecule has 0 aromatic heterocycles. The summed E-state index contributed by atoms with van der Waals surface area (Å²) in [5.41, 5.74) is 6.07. The largest absolute Gasteiger partial charge is 0.487 e. The van der Waals surface area contributed by atoms with Gasteiger partial charge in [-0.3, -0.25) is 15.3 Å². The van der Waals surface area contributed by atoms with Crippen LogP contribution in [-0.4, -0.2) is 74.8 Å². The molecule has 286 valence electrons. The Morgan fingerprint density at radius 2 is 1.66 bits per heavy atom. The fourth-order valence-corrected chi connectivity index (χ4v) is 5.82. The molecular formula is C37H45N3O12S. The Bertz CT molecular complexity index is 1910. The van der Waals surface area contributed by atoms with Gasteiger partial charge in [-0.25, -0.2) is 27.7 Å². The number of aliphatic imine (C=N–C) groups is 1. The van der Waals surface area contributed by atoms with E-state index in [1.807, 2.05) is 26.0 Å². The molecule has 1 atom stereocenters. The number of nitrogens with one attached hydrogen (secondary N) is 1. The summed E-state index contributed by atoms with van der Waals surface area (Å²) < 4.78 is 56.2. The summed E-state index contributed by atoms with van der Waals surface area (Å²) in [6.45, 7) is 8.92. The monoisotopic (exact) mass is 755 g/mol. The van der Waals surface area contributed by atoms with Gasteiger partial charge in [0.25, 0.3) is 0 Å². The summed E-state index contributed by atoms with van der Waals surface area (Å²) in [6.07, 6.45) is 1.10. The number of amides is 1. The van der Waals surface area contributed by atoms with Gasteiger partial charge in [-0.05, 0) is 79.6 Å². The molecule has 53 heavy (non-hydrogen) atoms. The number of esters is 3. The summed E-state index contributed by atoms with van der Waals surface area (Å²) in [7, 11) is -4.29. The molecule has 0 saturated heterocycles. The molecule has 0 radical (unpaired) electrons. The lowest BCUT2D eigenvalue weighted by Gasteiger charge is -2.26. The van der Waals surface area contributed by atoms with Crippen LogP contribution in [0.5, 0.6) is 11.5 Å². The molecule has 3 aromatic carbocycles. The molecule has 0 heterocycles. The number of nitrogens with zero attached hydrogens (tertiary/aromatic N) is 1. The van der Waals surface area contributed by atoms with Gasteiger partial charge in [0, 0.05) is 19.7 Å². The number of hydrogen-bond donors (Lipinski definition) is 3. The van der Waals surface area contributed by atoms with Crippen molar-refractivity contribution in [2.45, 2.75) is 76.9 Å². The van der Waals surface area contributed by atoms with E-state index in [2.05, 4.69) is 14.5 Å². The Morgan fingerprint density at radius 1 is 0.962 bits per heavy atom. The lowest BCUT2D eigenvalue weighted by Crippen LogP contribution is -2.54. The van der Waals surface area contributed by atoms with E-state index in [1.165, 1.54) is 32.0 Å². The van der Waals surface area contributed by atoms with Crippen LogP contribution in [0.1, 0.15) is 69.7 Å². The molecule has 0 aliphatic carbocycles. The maximum atomic E-state index is 13.8. The summed E-state index contributed by atoms with van der Waals surface area (Å²) in [6, 6.07) is 18.5. The predicted molar refractivity (Wildman–Crippen MR) is 192 cm³/mol. The topological polar surface area (TPSA) is 219 Å². The van der Waals surface area contributed by atoms with Crippen molar-refractivity contribution in [3.8, 4) is 11.5 Å². The number of rotatable bonds is 18. The Kier molecular flexibility index (Phi) is 14.8. The molecule has 1 unspecified atom stereocenters. The van der Waals surface area contributed by atoms with Gasteiger partial charge in [-0.2, -0.15) is 0 Å². The number of sulfonamides is 1. The second kappa shape index (κ2) is 18.6. The third-order valence-electron chi connectivity index (χ3n) is 7.37. The second-order valence-electron chi connectivity index (χ2n) is 12.5. The number of nitrogens with two attached hydrogens (primary N) is 1. The number of aliphatic hydroxyl groups is 1. The molecule has 0 bridgehead atoms. The van der Waals surface area contributed by atoms with E-state index in [1.54, 1.807) is 43.3 Å². The van der Waals surface area contributed by atoms with Crippen molar-refractivity contribution in [1.29, 1.82) is 0 Å². The van der Waals surface area contributed by atoms with Crippen molar-refractivity contribution in [3.05, 3.63) is 89.0 Å². The molecule has 15 nitrogen and oxygen atoms in total. The molecule has 3 aromatic rings.